The van der Waals surface area contributed by atoms with E-state index >= 15 is 0 Å². The Hall–Kier alpha value is -1.69. The van der Waals surface area contributed by atoms with E-state index in [2.05, 4.69) is 4.74 Å². The fourth-order valence-corrected chi connectivity index (χ4v) is 3.29. The molecule has 1 heterocycles. The number of ether oxygens (including phenoxy) is 2. The average Bonchev–Trinajstić information content (AvgIpc) is 2.85. The van der Waals surface area contributed by atoms with Crippen LogP contribution in [0, 0.1) is 0 Å². The first-order chi connectivity index (χ1) is 9.65. The summed E-state index contributed by atoms with van der Waals surface area (Å²) in [6.07, 6.45) is 0.212. The molecular formula is C14H17NO4S. The van der Waals surface area contributed by atoms with Gasteiger partial charge in [0, 0.05) is 6.54 Å². The van der Waals surface area contributed by atoms with Crippen molar-refractivity contribution in [3.63, 3.8) is 0 Å². The van der Waals surface area contributed by atoms with Gasteiger partial charge in [0.1, 0.15) is 11.1 Å². The lowest BCUT2D eigenvalue weighted by atomic mass is 10.2. The Balaban J connectivity index is 2.12. The SMILES string of the molecule is COC(=O)CCN1C(=O)CSC1c1cccc(OC)c1. The highest BCUT2D eigenvalue weighted by Crippen LogP contribution is 2.39. The molecule has 1 aliphatic heterocycles. The largest absolute Gasteiger partial charge is 0.497 e. The topological polar surface area (TPSA) is 55.8 Å². The first kappa shape index (κ1) is 14.7. The van der Waals surface area contributed by atoms with Crippen molar-refractivity contribution in [1.82, 2.24) is 4.90 Å². The van der Waals surface area contributed by atoms with Gasteiger partial charge in [0.25, 0.3) is 0 Å². The Bertz CT molecular complexity index is 506. The third-order valence-corrected chi connectivity index (χ3v) is 4.39. The van der Waals surface area contributed by atoms with Gasteiger partial charge in [-0.05, 0) is 17.7 Å². The number of thioether (sulfide) groups is 1. The van der Waals surface area contributed by atoms with Gasteiger partial charge < -0.3 is 14.4 Å². The molecule has 0 aromatic heterocycles. The molecule has 1 aromatic rings. The van der Waals surface area contributed by atoms with Gasteiger partial charge in [0.2, 0.25) is 5.91 Å². The fourth-order valence-electron chi connectivity index (χ4n) is 2.08. The Kier molecular flexibility index (Phi) is 4.89. The number of carbonyl (C=O) groups is 2. The van der Waals surface area contributed by atoms with Crippen molar-refractivity contribution < 1.29 is 19.1 Å². The third kappa shape index (κ3) is 3.25. The Morgan fingerprint density at radius 2 is 2.25 bits per heavy atom. The summed E-state index contributed by atoms with van der Waals surface area (Å²) in [5.74, 6) is 0.935. The summed E-state index contributed by atoms with van der Waals surface area (Å²) in [7, 11) is 2.96. The molecule has 5 nitrogen and oxygen atoms in total. The van der Waals surface area contributed by atoms with E-state index in [-0.39, 0.29) is 23.7 Å². The fraction of sp³-hybridized carbons (Fsp3) is 0.429. The maximum absolute atomic E-state index is 11.9. The van der Waals surface area contributed by atoms with E-state index in [9.17, 15) is 9.59 Å². The van der Waals surface area contributed by atoms with Gasteiger partial charge in [-0.25, -0.2) is 0 Å². The average molecular weight is 295 g/mol. The van der Waals surface area contributed by atoms with E-state index < -0.39 is 0 Å². The summed E-state index contributed by atoms with van der Waals surface area (Å²) in [4.78, 5) is 24.9. The molecule has 108 valence electrons. The number of nitrogens with zero attached hydrogens (tertiary/aromatic N) is 1. The second kappa shape index (κ2) is 6.65. The molecule has 0 saturated carbocycles. The lowest BCUT2D eigenvalue weighted by Crippen LogP contribution is -2.30. The third-order valence-electron chi connectivity index (χ3n) is 3.13. The van der Waals surface area contributed by atoms with Crippen molar-refractivity contribution >= 4 is 23.6 Å². The Morgan fingerprint density at radius 1 is 1.45 bits per heavy atom. The summed E-state index contributed by atoms with van der Waals surface area (Å²) >= 11 is 1.56. The molecular weight excluding hydrogens is 278 g/mol. The number of esters is 1. The van der Waals surface area contributed by atoms with E-state index in [0.29, 0.717) is 12.3 Å². The lowest BCUT2D eigenvalue weighted by molar-refractivity contribution is -0.141. The lowest BCUT2D eigenvalue weighted by Gasteiger charge is -2.24. The van der Waals surface area contributed by atoms with Gasteiger partial charge >= 0.3 is 5.97 Å². The van der Waals surface area contributed by atoms with Crippen LogP contribution in [0.15, 0.2) is 24.3 Å². The van der Waals surface area contributed by atoms with Crippen LogP contribution in [0.2, 0.25) is 0 Å². The molecule has 1 aromatic carbocycles. The molecule has 6 heteroatoms. The molecule has 1 amide bonds. The first-order valence-electron chi connectivity index (χ1n) is 6.27. The van der Waals surface area contributed by atoms with Crippen molar-refractivity contribution in [3.8, 4) is 5.75 Å². The molecule has 1 unspecified atom stereocenters. The van der Waals surface area contributed by atoms with Gasteiger partial charge in [-0.15, -0.1) is 11.8 Å². The van der Waals surface area contributed by atoms with Crippen molar-refractivity contribution in [3.05, 3.63) is 29.8 Å². The van der Waals surface area contributed by atoms with Gasteiger partial charge in [-0.3, -0.25) is 9.59 Å². The number of hydrogen-bond donors (Lipinski definition) is 0. The molecule has 0 aliphatic carbocycles. The number of hydrogen-bond acceptors (Lipinski definition) is 5. The van der Waals surface area contributed by atoms with Crippen molar-refractivity contribution in [2.75, 3.05) is 26.5 Å². The maximum Gasteiger partial charge on any atom is 0.307 e. The van der Waals surface area contributed by atoms with E-state index in [0.717, 1.165) is 11.3 Å². The zero-order valence-electron chi connectivity index (χ0n) is 11.5. The summed E-state index contributed by atoms with van der Waals surface area (Å²) in [6, 6.07) is 7.64. The van der Waals surface area contributed by atoms with Crippen LogP contribution in [-0.2, 0) is 14.3 Å². The molecule has 0 bridgehead atoms. The van der Waals surface area contributed by atoms with E-state index in [1.54, 1.807) is 23.8 Å². The van der Waals surface area contributed by atoms with Gasteiger partial charge in [-0.2, -0.15) is 0 Å². The zero-order valence-corrected chi connectivity index (χ0v) is 12.3. The number of amides is 1. The number of methoxy groups -OCH3 is 2. The minimum Gasteiger partial charge on any atom is -0.497 e. The number of benzene rings is 1. The normalized spacial score (nSPS) is 18.2. The van der Waals surface area contributed by atoms with Gasteiger partial charge in [0.15, 0.2) is 0 Å². The minimum atomic E-state index is -0.306. The van der Waals surface area contributed by atoms with Crippen molar-refractivity contribution in [2.24, 2.45) is 0 Å². The summed E-state index contributed by atoms with van der Waals surface area (Å²) in [5, 5.41) is -0.0674. The number of carbonyl (C=O) groups excluding carboxylic acids is 2. The molecule has 1 fully saturated rings. The monoisotopic (exact) mass is 295 g/mol. The quantitative estimate of drug-likeness (QED) is 0.776. The first-order valence-corrected chi connectivity index (χ1v) is 7.32. The molecule has 2 rings (SSSR count). The zero-order chi connectivity index (χ0) is 14.5. The summed E-state index contributed by atoms with van der Waals surface area (Å²) in [5.41, 5.74) is 1.00. The Labute approximate surface area is 122 Å². The minimum absolute atomic E-state index is 0.0479. The molecule has 1 saturated heterocycles. The molecule has 0 spiro atoms. The second-order valence-corrected chi connectivity index (χ2v) is 5.42. The van der Waals surface area contributed by atoms with Gasteiger partial charge in [-0.1, -0.05) is 12.1 Å². The summed E-state index contributed by atoms with van der Waals surface area (Å²) < 4.78 is 9.82. The molecule has 1 atom stereocenters. The molecule has 20 heavy (non-hydrogen) atoms. The predicted molar refractivity (Wildman–Crippen MR) is 76.5 cm³/mol. The van der Waals surface area contributed by atoms with E-state index in [1.165, 1.54) is 7.11 Å². The molecule has 0 N–H and O–H groups in total. The van der Waals surface area contributed by atoms with Gasteiger partial charge in [0.05, 0.1) is 26.4 Å². The molecule has 1 aliphatic rings. The second-order valence-electron chi connectivity index (χ2n) is 4.35. The molecule has 0 radical (unpaired) electrons. The highest BCUT2D eigenvalue weighted by Gasteiger charge is 2.33. The maximum atomic E-state index is 11.9. The number of rotatable bonds is 5. The van der Waals surface area contributed by atoms with E-state index in [4.69, 9.17) is 4.74 Å². The predicted octanol–water partition coefficient (Wildman–Crippen LogP) is 1.83. The summed E-state index contributed by atoms with van der Waals surface area (Å²) in [6.45, 7) is 0.375. The van der Waals surface area contributed by atoms with Crippen LogP contribution in [0.25, 0.3) is 0 Å². The van der Waals surface area contributed by atoms with Crippen molar-refractivity contribution in [1.29, 1.82) is 0 Å². The van der Waals surface area contributed by atoms with Crippen LogP contribution in [-0.4, -0.2) is 43.3 Å². The Morgan fingerprint density at radius 3 is 2.95 bits per heavy atom. The van der Waals surface area contributed by atoms with Crippen LogP contribution in [0.1, 0.15) is 17.4 Å². The standard InChI is InChI=1S/C14H17NO4S/c1-18-11-5-3-4-10(8-11)14-15(12(16)9-20-14)7-6-13(17)19-2/h3-5,8,14H,6-7,9H2,1-2H3. The van der Waals surface area contributed by atoms with Crippen LogP contribution in [0.3, 0.4) is 0 Å². The van der Waals surface area contributed by atoms with Crippen molar-refractivity contribution in [2.45, 2.75) is 11.8 Å². The van der Waals surface area contributed by atoms with E-state index in [1.807, 2.05) is 24.3 Å². The van der Waals surface area contributed by atoms with Crippen LogP contribution < -0.4 is 4.74 Å². The van der Waals surface area contributed by atoms with Crippen LogP contribution in [0.4, 0.5) is 0 Å². The smallest absolute Gasteiger partial charge is 0.307 e. The van der Waals surface area contributed by atoms with Crippen LogP contribution >= 0.6 is 11.8 Å². The van der Waals surface area contributed by atoms with Crippen LogP contribution in [0.5, 0.6) is 5.75 Å². The highest BCUT2D eigenvalue weighted by atomic mass is 32.2. The highest BCUT2D eigenvalue weighted by molar-refractivity contribution is 8.00.